The fraction of sp³-hybridized carbons (Fsp3) is 0.471. The van der Waals surface area contributed by atoms with Crippen molar-refractivity contribution in [1.29, 1.82) is 0 Å². The van der Waals surface area contributed by atoms with Crippen LogP contribution in [-0.2, 0) is 11.2 Å². The molecule has 1 aromatic carbocycles. The van der Waals surface area contributed by atoms with Crippen LogP contribution in [0.5, 0.6) is 0 Å². The van der Waals surface area contributed by atoms with Crippen LogP contribution in [0.15, 0.2) is 35.7 Å². The van der Waals surface area contributed by atoms with Crippen molar-refractivity contribution in [2.24, 2.45) is 5.73 Å². The first-order valence-electron chi connectivity index (χ1n) is 7.57. The summed E-state index contributed by atoms with van der Waals surface area (Å²) in [7, 11) is 0. The zero-order valence-corrected chi connectivity index (χ0v) is 13.2. The smallest absolute Gasteiger partial charge is 0.0949 e. The molecule has 3 rings (SSSR count). The molecule has 2 aromatic rings. The monoisotopic (exact) mass is 302 g/mol. The second-order valence-corrected chi connectivity index (χ2v) is 6.86. The Morgan fingerprint density at radius 3 is 2.86 bits per heavy atom. The van der Waals surface area contributed by atoms with E-state index in [0.29, 0.717) is 0 Å². The summed E-state index contributed by atoms with van der Waals surface area (Å²) in [6.07, 6.45) is 4.19. The molecule has 0 bridgehead atoms. The Kier molecular flexibility index (Phi) is 4.38. The van der Waals surface area contributed by atoms with Gasteiger partial charge < -0.3 is 10.5 Å². The second-order valence-electron chi connectivity index (χ2n) is 5.92. The first-order valence-corrected chi connectivity index (χ1v) is 8.45. The van der Waals surface area contributed by atoms with Crippen molar-refractivity contribution in [3.05, 3.63) is 40.7 Å². The van der Waals surface area contributed by atoms with Gasteiger partial charge in [0.25, 0.3) is 0 Å². The SMILES string of the molecule is CC1(C(N)Cc2nc(-c3ccccc3)cs2)CCCCO1. The fourth-order valence-electron chi connectivity index (χ4n) is 2.80. The number of nitrogens with zero attached hydrogens (tertiary/aromatic N) is 1. The Bertz CT molecular complexity index is 575. The molecule has 2 heterocycles. The summed E-state index contributed by atoms with van der Waals surface area (Å²) >= 11 is 1.69. The quantitative estimate of drug-likeness (QED) is 0.938. The van der Waals surface area contributed by atoms with E-state index >= 15 is 0 Å². The van der Waals surface area contributed by atoms with E-state index in [0.717, 1.165) is 42.1 Å². The first kappa shape index (κ1) is 14.7. The minimum atomic E-state index is -0.198. The molecular weight excluding hydrogens is 280 g/mol. The lowest BCUT2D eigenvalue weighted by atomic mass is 9.87. The van der Waals surface area contributed by atoms with Crippen molar-refractivity contribution in [3.8, 4) is 11.3 Å². The average Bonchev–Trinajstić information content (AvgIpc) is 2.97. The molecule has 1 fully saturated rings. The van der Waals surface area contributed by atoms with Crippen LogP contribution in [-0.4, -0.2) is 23.2 Å². The molecule has 0 saturated carbocycles. The highest BCUT2D eigenvalue weighted by Gasteiger charge is 2.34. The topological polar surface area (TPSA) is 48.1 Å². The Labute approximate surface area is 130 Å². The second kappa shape index (κ2) is 6.26. The van der Waals surface area contributed by atoms with E-state index in [1.807, 2.05) is 18.2 Å². The highest BCUT2D eigenvalue weighted by Crippen LogP contribution is 2.30. The van der Waals surface area contributed by atoms with Crippen LogP contribution in [0.1, 0.15) is 31.2 Å². The third-order valence-electron chi connectivity index (χ3n) is 4.30. The molecule has 0 aliphatic carbocycles. The first-order chi connectivity index (χ1) is 10.2. The predicted molar refractivity (Wildman–Crippen MR) is 87.4 cm³/mol. The van der Waals surface area contributed by atoms with E-state index in [2.05, 4.69) is 24.4 Å². The third kappa shape index (κ3) is 3.34. The Hall–Kier alpha value is -1.23. The largest absolute Gasteiger partial charge is 0.374 e. The lowest BCUT2D eigenvalue weighted by Gasteiger charge is -2.38. The molecule has 112 valence electrons. The van der Waals surface area contributed by atoms with Crippen LogP contribution in [0.3, 0.4) is 0 Å². The van der Waals surface area contributed by atoms with Crippen LogP contribution in [0.2, 0.25) is 0 Å². The van der Waals surface area contributed by atoms with E-state index in [9.17, 15) is 0 Å². The molecule has 0 radical (unpaired) electrons. The van der Waals surface area contributed by atoms with Crippen LogP contribution in [0.25, 0.3) is 11.3 Å². The van der Waals surface area contributed by atoms with Gasteiger partial charge in [-0.1, -0.05) is 30.3 Å². The summed E-state index contributed by atoms with van der Waals surface area (Å²) in [6.45, 7) is 2.97. The van der Waals surface area contributed by atoms with Crippen LogP contribution < -0.4 is 5.73 Å². The van der Waals surface area contributed by atoms with E-state index in [1.165, 1.54) is 6.42 Å². The van der Waals surface area contributed by atoms with E-state index in [-0.39, 0.29) is 11.6 Å². The summed E-state index contributed by atoms with van der Waals surface area (Å²) in [5.41, 5.74) is 8.41. The summed E-state index contributed by atoms with van der Waals surface area (Å²) < 4.78 is 5.94. The minimum absolute atomic E-state index is 0.00701. The lowest BCUT2D eigenvalue weighted by molar-refractivity contribution is -0.0808. The van der Waals surface area contributed by atoms with Gasteiger partial charge >= 0.3 is 0 Å². The summed E-state index contributed by atoms with van der Waals surface area (Å²) in [6, 6.07) is 10.3. The number of hydrogen-bond acceptors (Lipinski definition) is 4. The number of rotatable bonds is 4. The highest BCUT2D eigenvalue weighted by molar-refractivity contribution is 7.09. The average molecular weight is 302 g/mol. The molecule has 2 unspecified atom stereocenters. The number of hydrogen-bond donors (Lipinski definition) is 1. The van der Waals surface area contributed by atoms with Crippen LogP contribution in [0.4, 0.5) is 0 Å². The molecule has 1 aliphatic rings. The predicted octanol–water partition coefficient (Wildman–Crippen LogP) is 3.64. The number of nitrogens with two attached hydrogens (primary N) is 1. The van der Waals surface area contributed by atoms with E-state index in [4.69, 9.17) is 15.5 Å². The van der Waals surface area contributed by atoms with Gasteiger partial charge in [0, 0.05) is 30.0 Å². The number of benzene rings is 1. The van der Waals surface area contributed by atoms with E-state index < -0.39 is 0 Å². The van der Waals surface area contributed by atoms with Crippen molar-refractivity contribution in [2.45, 2.75) is 44.2 Å². The molecule has 1 saturated heterocycles. The zero-order valence-electron chi connectivity index (χ0n) is 12.4. The van der Waals surface area contributed by atoms with Gasteiger partial charge in [-0.05, 0) is 26.2 Å². The molecule has 4 heteroatoms. The standard InChI is InChI=1S/C17H22N2OS/c1-17(9-5-6-10-20-17)15(18)11-16-19-14(12-21-16)13-7-3-2-4-8-13/h2-4,7-8,12,15H,5-6,9-11,18H2,1H3. The molecule has 1 aromatic heterocycles. The Balaban J connectivity index is 1.69. The fourth-order valence-corrected chi connectivity index (χ4v) is 3.66. The van der Waals surface area contributed by atoms with Crippen molar-refractivity contribution in [1.82, 2.24) is 4.98 Å². The molecule has 3 nitrogen and oxygen atoms in total. The maximum Gasteiger partial charge on any atom is 0.0949 e. The van der Waals surface area contributed by atoms with Gasteiger partial charge in [-0.15, -0.1) is 11.3 Å². The van der Waals surface area contributed by atoms with Gasteiger partial charge in [0.2, 0.25) is 0 Å². The summed E-state index contributed by atoms with van der Waals surface area (Å²) in [4.78, 5) is 4.73. The number of aromatic nitrogens is 1. The lowest BCUT2D eigenvalue weighted by Crippen LogP contribution is -2.50. The van der Waals surface area contributed by atoms with Gasteiger partial charge in [-0.2, -0.15) is 0 Å². The molecule has 21 heavy (non-hydrogen) atoms. The molecule has 2 N–H and O–H groups in total. The van der Waals surface area contributed by atoms with Gasteiger partial charge in [0.15, 0.2) is 0 Å². The van der Waals surface area contributed by atoms with E-state index in [1.54, 1.807) is 11.3 Å². The Morgan fingerprint density at radius 1 is 1.33 bits per heavy atom. The maximum absolute atomic E-state index is 6.40. The van der Waals surface area contributed by atoms with Crippen molar-refractivity contribution >= 4 is 11.3 Å². The molecule has 2 atom stereocenters. The van der Waals surface area contributed by atoms with Crippen LogP contribution >= 0.6 is 11.3 Å². The zero-order chi connectivity index (χ0) is 14.7. The molecular formula is C17H22N2OS. The Morgan fingerprint density at radius 2 is 2.14 bits per heavy atom. The molecule has 0 spiro atoms. The van der Waals surface area contributed by atoms with Crippen molar-refractivity contribution in [2.75, 3.05) is 6.61 Å². The molecule has 1 aliphatic heterocycles. The normalized spacial score (nSPS) is 23.9. The third-order valence-corrected chi connectivity index (χ3v) is 5.17. The van der Waals surface area contributed by atoms with Gasteiger partial charge in [0.05, 0.1) is 16.3 Å². The summed E-state index contributed by atoms with van der Waals surface area (Å²) in [5, 5.41) is 3.21. The minimum Gasteiger partial charge on any atom is -0.374 e. The van der Waals surface area contributed by atoms with Crippen molar-refractivity contribution < 1.29 is 4.74 Å². The maximum atomic E-state index is 6.40. The highest BCUT2D eigenvalue weighted by atomic mass is 32.1. The van der Waals surface area contributed by atoms with Gasteiger partial charge in [-0.3, -0.25) is 0 Å². The number of thiazole rings is 1. The summed E-state index contributed by atoms with van der Waals surface area (Å²) in [5.74, 6) is 0. The van der Waals surface area contributed by atoms with Gasteiger partial charge in [-0.25, -0.2) is 4.98 Å². The van der Waals surface area contributed by atoms with Crippen LogP contribution in [0, 0.1) is 0 Å². The van der Waals surface area contributed by atoms with Crippen molar-refractivity contribution in [3.63, 3.8) is 0 Å². The molecule has 0 amide bonds. The number of ether oxygens (including phenoxy) is 1. The van der Waals surface area contributed by atoms with Gasteiger partial charge in [0.1, 0.15) is 0 Å².